The quantitative estimate of drug-likeness (QED) is 0.660. The van der Waals surface area contributed by atoms with Crippen molar-refractivity contribution in [1.29, 1.82) is 0 Å². The molecule has 0 spiro atoms. The Morgan fingerprint density at radius 1 is 1.30 bits per heavy atom. The van der Waals surface area contributed by atoms with Crippen LogP contribution in [0.25, 0.3) is 11.1 Å². The summed E-state index contributed by atoms with van der Waals surface area (Å²) in [5, 5.41) is 0. The van der Waals surface area contributed by atoms with Crippen molar-refractivity contribution >= 4 is 12.2 Å². The molecule has 2 aromatic rings. The summed E-state index contributed by atoms with van der Waals surface area (Å²) in [6, 6.07) is 9.36. The largest absolute Gasteiger partial charge is 0.496 e. The summed E-state index contributed by atoms with van der Waals surface area (Å²) in [5.74, 6) is 0.874. The molecule has 1 aliphatic heterocycles. The first-order chi connectivity index (χ1) is 13.1. The van der Waals surface area contributed by atoms with Crippen LogP contribution in [-0.2, 0) is 11.8 Å². The number of hydrogen-bond donors (Lipinski definition) is 1. The highest BCUT2D eigenvalue weighted by Crippen LogP contribution is 2.27. The van der Waals surface area contributed by atoms with E-state index in [4.69, 9.17) is 15.2 Å². The van der Waals surface area contributed by atoms with Crippen LogP contribution in [0.2, 0.25) is 0 Å². The van der Waals surface area contributed by atoms with Crippen LogP contribution in [0.5, 0.6) is 5.75 Å². The zero-order valence-corrected chi connectivity index (χ0v) is 15.6. The van der Waals surface area contributed by atoms with Gasteiger partial charge in [0, 0.05) is 43.8 Å². The average molecular weight is 368 g/mol. The van der Waals surface area contributed by atoms with Gasteiger partial charge in [-0.15, -0.1) is 0 Å². The number of methoxy groups -OCH3 is 1. The summed E-state index contributed by atoms with van der Waals surface area (Å²) >= 11 is 0. The third kappa shape index (κ3) is 4.62. The minimum absolute atomic E-state index is 0.111. The molecule has 142 valence electrons. The van der Waals surface area contributed by atoms with E-state index in [1.54, 1.807) is 32.6 Å². The number of pyridine rings is 1. The summed E-state index contributed by atoms with van der Waals surface area (Å²) < 4.78 is 12.2. The number of para-hydroxylation sites is 1. The van der Waals surface area contributed by atoms with Crippen LogP contribution in [0.4, 0.5) is 0 Å². The molecule has 27 heavy (non-hydrogen) atoms. The number of benzene rings is 1. The molecule has 0 aliphatic carbocycles. The third-order valence-electron chi connectivity index (χ3n) is 4.45. The number of aryl methyl sites for hydroxylation is 1. The number of rotatable bonds is 4. The minimum Gasteiger partial charge on any atom is -0.496 e. The Morgan fingerprint density at radius 3 is 2.78 bits per heavy atom. The van der Waals surface area contributed by atoms with Crippen LogP contribution in [0.15, 0.2) is 51.3 Å². The van der Waals surface area contributed by atoms with Gasteiger partial charge < -0.3 is 19.8 Å². The van der Waals surface area contributed by atoms with Gasteiger partial charge in [-0.3, -0.25) is 4.79 Å². The van der Waals surface area contributed by atoms with Crippen molar-refractivity contribution in [3.63, 3.8) is 0 Å². The summed E-state index contributed by atoms with van der Waals surface area (Å²) in [6.07, 6.45) is 5.05. The molecule has 7 heteroatoms. The lowest BCUT2D eigenvalue weighted by Crippen LogP contribution is -2.22. The Hall–Kier alpha value is -2.93. The second kappa shape index (κ2) is 8.64. The lowest BCUT2D eigenvalue weighted by atomic mass is 10.0. The third-order valence-corrected chi connectivity index (χ3v) is 4.45. The molecule has 2 N–H and O–H groups in total. The van der Waals surface area contributed by atoms with Gasteiger partial charge in [-0.2, -0.15) is 0 Å². The number of aromatic nitrogens is 1. The van der Waals surface area contributed by atoms with Crippen LogP contribution >= 0.6 is 0 Å². The highest BCUT2D eigenvalue weighted by atomic mass is 16.5. The van der Waals surface area contributed by atoms with Crippen molar-refractivity contribution in [2.45, 2.75) is 18.9 Å². The highest BCUT2D eigenvalue weighted by Gasteiger charge is 2.13. The van der Waals surface area contributed by atoms with Crippen molar-refractivity contribution in [2.75, 3.05) is 20.3 Å². The van der Waals surface area contributed by atoms with E-state index in [0.29, 0.717) is 24.5 Å². The Balaban J connectivity index is 1.90. The van der Waals surface area contributed by atoms with Gasteiger partial charge in [0.2, 0.25) is 5.96 Å². The summed E-state index contributed by atoms with van der Waals surface area (Å²) in [6.45, 7) is 1.41. The average Bonchev–Trinajstić information content (AvgIpc) is 2.69. The van der Waals surface area contributed by atoms with E-state index >= 15 is 0 Å². The van der Waals surface area contributed by atoms with E-state index in [2.05, 4.69) is 9.98 Å². The van der Waals surface area contributed by atoms with Crippen molar-refractivity contribution in [1.82, 2.24) is 4.57 Å². The molecule has 3 rings (SSSR count). The Morgan fingerprint density at radius 2 is 2.04 bits per heavy atom. The second-order valence-corrected chi connectivity index (χ2v) is 6.39. The van der Waals surface area contributed by atoms with Crippen LogP contribution in [0, 0.1) is 0 Å². The number of aliphatic imine (C=N–C) groups is 2. The molecule has 0 saturated carbocycles. The van der Waals surface area contributed by atoms with Gasteiger partial charge in [0.15, 0.2) is 0 Å². The Labute approximate surface area is 158 Å². The molecule has 2 heterocycles. The van der Waals surface area contributed by atoms with Gasteiger partial charge in [-0.1, -0.05) is 18.2 Å². The fourth-order valence-corrected chi connectivity index (χ4v) is 3.04. The first-order valence-electron chi connectivity index (χ1n) is 8.87. The SMILES string of the molecule is COc1ccccc1-c1cc(C=NC(N)=NC2CCOCC2)cn(C)c1=O. The zero-order chi connectivity index (χ0) is 19.2. The van der Waals surface area contributed by atoms with Gasteiger partial charge in [0.1, 0.15) is 5.75 Å². The molecule has 1 aromatic heterocycles. The first-order valence-corrected chi connectivity index (χ1v) is 8.87. The van der Waals surface area contributed by atoms with Crippen molar-refractivity contribution in [2.24, 2.45) is 22.8 Å². The van der Waals surface area contributed by atoms with E-state index in [9.17, 15) is 4.79 Å². The molecule has 1 aromatic carbocycles. The smallest absolute Gasteiger partial charge is 0.258 e. The molecule has 0 radical (unpaired) electrons. The predicted octanol–water partition coefficient (Wildman–Crippen LogP) is 1.97. The monoisotopic (exact) mass is 368 g/mol. The van der Waals surface area contributed by atoms with E-state index in [0.717, 1.165) is 24.0 Å². The molecule has 0 bridgehead atoms. The number of guanidine groups is 1. The fraction of sp³-hybridized carbons (Fsp3) is 0.350. The van der Waals surface area contributed by atoms with Crippen molar-refractivity contribution < 1.29 is 9.47 Å². The maximum absolute atomic E-state index is 12.6. The predicted molar refractivity (Wildman–Crippen MR) is 107 cm³/mol. The molecule has 1 aliphatic rings. The normalized spacial score (nSPS) is 16.0. The zero-order valence-electron chi connectivity index (χ0n) is 15.6. The van der Waals surface area contributed by atoms with Gasteiger partial charge in [-0.05, 0) is 25.0 Å². The number of hydrogen-bond acceptors (Lipinski definition) is 4. The van der Waals surface area contributed by atoms with E-state index in [1.165, 1.54) is 4.57 Å². The molecule has 0 amide bonds. The molecule has 0 atom stereocenters. The maximum Gasteiger partial charge on any atom is 0.258 e. The number of nitrogens with two attached hydrogens (primary N) is 1. The second-order valence-electron chi connectivity index (χ2n) is 6.39. The topological polar surface area (TPSA) is 91.2 Å². The lowest BCUT2D eigenvalue weighted by Gasteiger charge is -2.18. The van der Waals surface area contributed by atoms with Gasteiger partial charge >= 0.3 is 0 Å². The van der Waals surface area contributed by atoms with Crippen LogP contribution < -0.4 is 16.0 Å². The van der Waals surface area contributed by atoms with E-state index < -0.39 is 0 Å². The summed E-state index contributed by atoms with van der Waals surface area (Å²) in [7, 11) is 3.29. The number of nitrogens with zero attached hydrogens (tertiary/aromatic N) is 3. The van der Waals surface area contributed by atoms with E-state index in [-0.39, 0.29) is 17.6 Å². The van der Waals surface area contributed by atoms with Crippen molar-refractivity contribution in [3.8, 4) is 16.9 Å². The Kier molecular flexibility index (Phi) is 6.03. The highest BCUT2D eigenvalue weighted by molar-refractivity contribution is 5.93. The molecular formula is C20H24N4O3. The number of ether oxygens (including phenoxy) is 2. The first kappa shape index (κ1) is 18.8. The van der Waals surface area contributed by atoms with E-state index in [1.807, 2.05) is 24.3 Å². The van der Waals surface area contributed by atoms with Crippen LogP contribution in [0.3, 0.4) is 0 Å². The van der Waals surface area contributed by atoms with Crippen molar-refractivity contribution in [3.05, 3.63) is 52.4 Å². The minimum atomic E-state index is -0.111. The van der Waals surface area contributed by atoms with Crippen LogP contribution in [0.1, 0.15) is 18.4 Å². The lowest BCUT2D eigenvalue weighted by molar-refractivity contribution is 0.0871. The van der Waals surface area contributed by atoms with Gasteiger partial charge in [0.25, 0.3) is 5.56 Å². The maximum atomic E-state index is 12.6. The van der Waals surface area contributed by atoms with Gasteiger partial charge in [-0.25, -0.2) is 9.98 Å². The van der Waals surface area contributed by atoms with Crippen LogP contribution in [-0.4, -0.2) is 43.1 Å². The Bertz CT molecular complexity index is 912. The summed E-state index contributed by atoms with van der Waals surface area (Å²) in [4.78, 5) is 21.3. The summed E-state index contributed by atoms with van der Waals surface area (Å²) in [5.41, 5.74) is 7.86. The molecular weight excluding hydrogens is 344 g/mol. The molecule has 1 saturated heterocycles. The fourth-order valence-electron chi connectivity index (χ4n) is 3.04. The molecule has 7 nitrogen and oxygen atoms in total. The molecule has 0 unspecified atom stereocenters. The van der Waals surface area contributed by atoms with Gasteiger partial charge in [0.05, 0.1) is 18.7 Å². The standard InChI is InChI=1S/C20H24N4O3/c1-24-13-14(12-22-20(21)23-15-7-9-27-10-8-15)11-17(19(24)25)16-5-3-4-6-18(16)26-2/h3-6,11-13,15H,7-10H2,1-2H3,(H2,21,23). The molecule has 1 fully saturated rings.